The van der Waals surface area contributed by atoms with Gasteiger partial charge in [0.1, 0.15) is 11.6 Å². The maximum Gasteiger partial charge on any atom is 0.266 e. The summed E-state index contributed by atoms with van der Waals surface area (Å²) in [5, 5.41) is 9.89. The zero-order chi connectivity index (χ0) is 14.9. The third-order valence-electron chi connectivity index (χ3n) is 3.17. The van der Waals surface area contributed by atoms with Gasteiger partial charge in [-0.15, -0.1) is 0 Å². The summed E-state index contributed by atoms with van der Waals surface area (Å²) in [5.41, 5.74) is 6.14. The minimum atomic E-state index is -2.94. The quantitative estimate of drug-likeness (QED) is 0.896. The molecule has 0 saturated carbocycles. The summed E-state index contributed by atoms with van der Waals surface area (Å²) < 4.78 is 39.6. The van der Waals surface area contributed by atoms with E-state index in [1.165, 1.54) is 12.1 Å². The summed E-state index contributed by atoms with van der Waals surface area (Å²) in [4.78, 5) is 0. The van der Waals surface area contributed by atoms with Crippen LogP contribution in [-0.4, -0.2) is 5.11 Å². The predicted octanol–water partition coefficient (Wildman–Crippen LogP) is 3.90. The highest BCUT2D eigenvalue weighted by Gasteiger charge is 2.19. The Balaban J connectivity index is 2.72. The summed E-state index contributed by atoms with van der Waals surface area (Å²) >= 11 is 0. The van der Waals surface area contributed by atoms with Gasteiger partial charge in [0.15, 0.2) is 0 Å². The lowest BCUT2D eigenvalue weighted by molar-refractivity contribution is 0.146. The number of phenolic OH excluding ortho intramolecular Hbond substituents is 1. The molecule has 0 amide bonds. The molecule has 0 aliphatic heterocycles. The highest BCUT2D eigenvalue weighted by atomic mass is 19.3. The number of alkyl halides is 2. The zero-order valence-corrected chi connectivity index (χ0v) is 10.8. The normalized spacial score (nSPS) is 11.1. The average Bonchev–Trinajstić information content (AvgIpc) is 2.39. The van der Waals surface area contributed by atoms with E-state index in [1.807, 2.05) is 0 Å². The predicted molar refractivity (Wildman–Crippen MR) is 71.1 cm³/mol. The van der Waals surface area contributed by atoms with Crippen molar-refractivity contribution in [2.45, 2.75) is 19.9 Å². The molecular weight excluding hydrogens is 267 g/mol. The molecule has 20 heavy (non-hydrogen) atoms. The van der Waals surface area contributed by atoms with Crippen LogP contribution in [0.4, 0.5) is 13.2 Å². The minimum absolute atomic E-state index is 0.000420. The number of hydrogen-bond donors (Lipinski definition) is 2. The third kappa shape index (κ3) is 2.49. The van der Waals surface area contributed by atoms with Crippen LogP contribution in [0.1, 0.15) is 23.1 Å². The third-order valence-corrected chi connectivity index (χ3v) is 3.17. The van der Waals surface area contributed by atoms with Crippen LogP contribution in [0.2, 0.25) is 0 Å². The summed E-state index contributed by atoms with van der Waals surface area (Å²) in [6.07, 6.45) is -2.94. The largest absolute Gasteiger partial charge is 0.507 e. The van der Waals surface area contributed by atoms with Crippen LogP contribution < -0.4 is 5.73 Å². The van der Waals surface area contributed by atoms with Gasteiger partial charge < -0.3 is 10.8 Å². The van der Waals surface area contributed by atoms with Gasteiger partial charge in [-0.05, 0) is 36.2 Å². The van der Waals surface area contributed by atoms with E-state index in [0.29, 0.717) is 16.7 Å². The summed E-state index contributed by atoms with van der Waals surface area (Å²) in [7, 11) is 0. The maximum atomic E-state index is 13.8. The molecule has 5 heteroatoms. The van der Waals surface area contributed by atoms with Gasteiger partial charge in [-0.25, -0.2) is 13.2 Å². The Morgan fingerprint density at radius 3 is 2.50 bits per heavy atom. The fraction of sp³-hybridized carbons (Fsp3) is 0.200. The fourth-order valence-electron chi connectivity index (χ4n) is 2.19. The Kier molecular flexibility index (Phi) is 3.99. The Labute approximate surface area is 114 Å². The van der Waals surface area contributed by atoms with E-state index in [0.717, 1.165) is 6.07 Å². The Hall–Kier alpha value is -2.01. The van der Waals surface area contributed by atoms with Crippen molar-refractivity contribution in [3.63, 3.8) is 0 Å². The number of rotatable bonds is 3. The van der Waals surface area contributed by atoms with Crippen LogP contribution >= 0.6 is 0 Å². The number of halogens is 3. The summed E-state index contributed by atoms with van der Waals surface area (Å²) in [6, 6.07) is 7.29. The molecule has 0 spiro atoms. The van der Waals surface area contributed by atoms with Crippen LogP contribution in [0.5, 0.6) is 5.75 Å². The monoisotopic (exact) mass is 281 g/mol. The first-order chi connectivity index (χ1) is 9.45. The van der Waals surface area contributed by atoms with E-state index in [1.54, 1.807) is 19.1 Å². The highest BCUT2D eigenvalue weighted by Crippen LogP contribution is 2.36. The first-order valence-electron chi connectivity index (χ1n) is 6.05. The molecule has 0 fully saturated rings. The number of nitrogens with two attached hydrogens (primary N) is 1. The second-order valence-corrected chi connectivity index (χ2v) is 4.51. The van der Waals surface area contributed by atoms with Gasteiger partial charge in [-0.1, -0.05) is 12.1 Å². The van der Waals surface area contributed by atoms with E-state index in [2.05, 4.69) is 0 Å². The second kappa shape index (κ2) is 5.54. The SMILES string of the molecule is Cc1cccc(O)c1-c1cc(CN)c(F)c(C(F)F)c1. The Morgan fingerprint density at radius 2 is 1.95 bits per heavy atom. The van der Waals surface area contributed by atoms with Crippen molar-refractivity contribution in [2.75, 3.05) is 0 Å². The lowest BCUT2D eigenvalue weighted by Gasteiger charge is -2.13. The highest BCUT2D eigenvalue weighted by molar-refractivity contribution is 5.74. The molecule has 0 heterocycles. The molecule has 0 radical (unpaired) electrons. The number of aryl methyl sites for hydroxylation is 1. The summed E-state index contributed by atoms with van der Waals surface area (Å²) in [5.74, 6) is -1.03. The van der Waals surface area contributed by atoms with E-state index >= 15 is 0 Å². The van der Waals surface area contributed by atoms with Gasteiger partial charge in [-0.3, -0.25) is 0 Å². The van der Waals surface area contributed by atoms with Crippen molar-refractivity contribution in [3.05, 3.63) is 52.8 Å². The van der Waals surface area contributed by atoms with E-state index in [4.69, 9.17) is 5.73 Å². The van der Waals surface area contributed by atoms with Gasteiger partial charge in [0.25, 0.3) is 6.43 Å². The molecule has 0 unspecified atom stereocenters. The number of hydrogen-bond acceptors (Lipinski definition) is 2. The minimum Gasteiger partial charge on any atom is -0.507 e. The molecule has 0 aromatic heterocycles. The standard InChI is InChI=1S/C15H14F3NO/c1-8-3-2-4-12(20)13(8)9-5-10(7-19)14(16)11(6-9)15(17)18/h2-6,15,20H,7,19H2,1H3. The van der Waals surface area contributed by atoms with Crippen molar-refractivity contribution < 1.29 is 18.3 Å². The first-order valence-corrected chi connectivity index (χ1v) is 6.05. The van der Waals surface area contributed by atoms with Gasteiger partial charge in [-0.2, -0.15) is 0 Å². The van der Waals surface area contributed by atoms with Gasteiger partial charge in [0.2, 0.25) is 0 Å². The van der Waals surface area contributed by atoms with E-state index in [-0.39, 0.29) is 17.9 Å². The first kappa shape index (κ1) is 14.4. The average molecular weight is 281 g/mol. The van der Waals surface area contributed by atoms with Crippen LogP contribution in [0, 0.1) is 12.7 Å². The van der Waals surface area contributed by atoms with E-state index < -0.39 is 17.8 Å². The van der Waals surface area contributed by atoms with Gasteiger partial charge in [0.05, 0.1) is 5.56 Å². The van der Waals surface area contributed by atoms with Crippen molar-refractivity contribution in [3.8, 4) is 16.9 Å². The number of aromatic hydroxyl groups is 1. The molecule has 0 bridgehead atoms. The van der Waals surface area contributed by atoms with Crippen molar-refractivity contribution in [1.29, 1.82) is 0 Å². The lowest BCUT2D eigenvalue weighted by Crippen LogP contribution is -2.04. The Bertz CT molecular complexity index is 621. The lowest BCUT2D eigenvalue weighted by atomic mass is 9.95. The smallest absolute Gasteiger partial charge is 0.266 e. The number of phenols is 1. The molecule has 2 nitrogen and oxygen atoms in total. The van der Waals surface area contributed by atoms with Crippen LogP contribution in [-0.2, 0) is 6.54 Å². The molecule has 0 atom stereocenters. The molecular formula is C15H14F3NO. The second-order valence-electron chi connectivity index (χ2n) is 4.51. The Morgan fingerprint density at radius 1 is 1.25 bits per heavy atom. The molecule has 2 rings (SSSR count). The molecule has 3 N–H and O–H groups in total. The molecule has 106 valence electrons. The number of benzene rings is 2. The zero-order valence-electron chi connectivity index (χ0n) is 10.8. The van der Waals surface area contributed by atoms with Crippen LogP contribution in [0.3, 0.4) is 0 Å². The van der Waals surface area contributed by atoms with Crippen molar-refractivity contribution >= 4 is 0 Å². The van der Waals surface area contributed by atoms with E-state index in [9.17, 15) is 18.3 Å². The van der Waals surface area contributed by atoms with Crippen LogP contribution in [0.25, 0.3) is 11.1 Å². The molecule has 0 aliphatic rings. The summed E-state index contributed by atoms with van der Waals surface area (Å²) in [6.45, 7) is 1.55. The van der Waals surface area contributed by atoms with Gasteiger partial charge >= 0.3 is 0 Å². The molecule has 0 aliphatic carbocycles. The fourth-order valence-corrected chi connectivity index (χ4v) is 2.19. The van der Waals surface area contributed by atoms with Gasteiger partial charge in [0, 0.05) is 17.7 Å². The molecule has 0 saturated heterocycles. The van der Waals surface area contributed by atoms with Crippen LogP contribution in [0.15, 0.2) is 30.3 Å². The maximum absolute atomic E-state index is 13.8. The molecule has 2 aromatic rings. The van der Waals surface area contributed by atoms with Crippen molar-refractivity contribution in [1.82, 2.24) is 0 Å². The van der Waals surface area contributed by atoms with Crippen molar-refractivity contribution in [2.24, 2.45) is 5.73 Å². The molecule has 2 aromatic carbocycles. The topological polar surface area (TPSA) is 46.2 Å².